The van der Waals surface area contributed by atoms with E-state index in [0.29, 0.717) is 17.8 Å². The van der Waals surface area contributed by atoms with Gasteiger partial charge in [0.25, 0.3) is 11.8 Å². The number of amides is 3. The molecule has 7 heteroatoms. The molecule has 3 amide bonds. The summed E-state index contributed by atoms with van der Waals surface area (Å²) < 4.78 is 5.05. The van der Waals surface area contributed by atoms with Gasteiger partial charge in [0.2, 0.25) is 5.91 Å². The summed E-state index contributed by atoms with van der Waals surface area (Å²) in [6, 6.07) is 19.2. The van der Waals surface area contributed by atoms with Crippen LogP contribution in [0.1, 0.15) is 32.9 Å². The molecule has 1 heterocycles. The molecule has 0 unspecified atom stereocenters. The van der Waals surface area contributed by atoms with E-state index in [0.717, 1.165) is 5.56 Å². The smallest absolute Gasteiger partial charge is 0.291 e. The molecule has 0 aliphatic heterocycles. The van der Waals surface area contributed by atoms with Gasteiger partial charge in [0.05, 0.1) is 6.26 Å². The van der Waals surface area contributed by atoms with E-state index in [1.54, 1.807) is 41.3 Å². The van der Waals surface area contributed by atoms with Gasteiger partial charge in [-0.1, -0.05) is 30.3 Å². The molecule has 2 aromatic carbocycles. The van der Waals surface area contributed by atoms with Crippen molar-refractivity contribution in [1.82, 2.24) is 4.90 Å². The van der Waals surface area contributed by atoms with Crippen LogP contribution in [0.4, 0.5) is 5.69 Å². The van der Waals surface area contributed by atoms with Crippen molar-refractivity contribution in [3.05, 3.63) is 89.9 Å². The summed E-state index contributed by atoms with van der Waals surface area (Å²) in [6.45, 7) is 0.587. The van der Waals surface area contributed by atoms with Crippen LogP contribution in [0.5, 0.6) is 0 Å². The molecule has 0 aliphatic carbocycles. The number of nitrogens with zero attached hydrogens (tertiary/aromatic N) is 1. The van der Waals surface area contributed by atoms with Gasteiger partial charge in [-0.25, -0.2) is 0 Å². The zero-order chi connectivity index (χ0) is 20.6. The summed E-state index contributed by atoms with van der Waals surface area (Å²) in [7, 11) is 0. The van der Waals surface area contributed by atoms with Crippen LogP contribution in [0, 0.1) is 0 Å². The van der Waals surface area contributed by atoms with Gasteiger partial charge in [0, 0.05) is 30.8 Å². The molecular formula is C22H21N3O4. The lowest BCUT2D eigenvalue weighted by molar-refractivity contribution is -0.118. The van der Waals surface area contributed by atoms with Crippen molar-refractivity contribution < 1.29 is 18.8 Å². The molecule has 0 bridgehead atoms. The second kappa shape index (κ2) is 9.36. The van der Waals surface area contributed by atoms with Crippen LogP contribution in [-0.4, -0.2) is 29.2 Å². The van der Waals surface area contributed by atoms with Crippen molar-refractivity contribution in [1.29, 1.82) is 0 Å². The normalized spacial score (nSPS) is 10.3. The minimum Gasteiger partial charge on any atom is -0.459 e. The number of rotatable bonds is 8. The SMILES string of the molecule is NC(=O)CCN(Cc1ccccc1)C(=O)c1ccc(NC(=O)c2ccco2)cc1. The Morgan fingerprint density at radius 1 is 0.931 bits per heavy atom. The highest BCUT2D eigenvalue weighted by Gasteiger charge is 2.17. The predicted octanol–water partition coefficient (Wildman–Crippen LogP) is 3.05. The molecule has 148 valence electrons. The maximum atomic E-state index is 13.0. The molecule has 3 rings (SSSR count). The molecule has 0 fully saturated rings. The lowest BCUT2D eigenvalue weighted by Crippen LogP contribution is -2.33. The zero-order valence-corrected chi connectivity index (χ0v) is 15.7. The molecule has 0 spiro atoms. The van der Waals surface area contributed by atoms with Crippen molar-refractivity contribution in [2.24, 2.45) is 5.73 Å². The van der Waals surface area contributed by atoms with Crippen LogP contribution in [0.15, 0.2) is 77.4 Å². The minimum atomic E-state index is -0.466. The standard InChI is InChI=1S/C22H21N3O4/c23-20(26)12-13-25(15-16-5-2-1-3-6-16)22(28)17-8-10-18(11-9-17)24-21(27)19-7-4-14-29-19/h1-11,14H,12-13,15H2,(H2,23,26)(H,24,27). The molecule has 0 atom stereocenters. The third-order valence-corrected chi connectivity index (χ3v) is 4.27. The largest absolute Gasteiger partial charge is 0.459 e. The van der Waals surface area contributed by atoms with Crippen LogP contribution >= 0.6 is 0 Å². The Bertz CT molecular complexity index is 967. The number of hydrogen-bond acceptors (Lipinski definition) is 4. The highest BCUT2D eigenvalue weighted by molar-refractivity contribution is 6.02. The van der Waals surface area contributed by atoms with Crippen LogP contribution in [0.3, 0.4) is 0 Å². The molecule has 0 radical (unpaired) electrons. The van der Waals surface area contributed by atoms with Crippen LogP contribution in [0.25, 0.3) is 0 Å². The van der Waals surface area contributed by atoms with Crippen molar-refractivity contribution in [2.45, 2.75) is 13.0 Å². The monoisotopic (exact) mass is 391 g/mol. The van der Waals surface area contributed by atoms with Crippen LogP contribution < -0.4 is 11.1 Å². The van der Waals surface area contributed by atoms with E-state index in [-0.39, 0.29) is 30.5 Å². The number of anilines is 1. The first-order chi connectivity index (χ1) is 14.0. The van der Waals surface area contributed by atoms with Gasteiger partial charge in [0.15, 0.2) is 5.76 Å². The van der Waals surface area contributed by atoms with Crippen molar-refractivity contribution >= 4 is 23.4 Å². The molecule has 0 saturated heterocycles. The third-order valence-electron chi connectivity index (χ3n) is 4.27. The lowest BCUT2D eigenvalue weighted by atomic mass is 10.1. The number of benzene rings is 2. The molecular weight excluding hydrogens is 370 g/mol. The van der Waals surface area contributed by atoms with E-state index < -0.39 is 5.91 Å². The molecule has 0 aliphatic rings. The minimum absolute atomic E-state index is 0.0792. The predicted molar refractivity (Wildman–Crippen MR) is 108 cm³/mol. The highest BCUT2D eigenvalue weighted by Crippen LogP contribution is 2.15. The average molecular weight is 391 g/mol. The fourth-order valence-corrected chi connectivity index (χ4v) is 2.78. The van der Waals surface area contributed by atoms with Gasteiger partial charge in [-0.2, -0.15) is 0 Å². The summed E-state index contributed by atoms with van der Waals surface area (Å²) in [5.74, 6) is -0.863. The van der Waals surface area contributed by atoms with Crippen molar-refractivity contribution in [2.75, 3.05) is 11.9 Å². The van der Waals surface area contributed by atoms with Gasteiger partial charge >= 0.3 is 0 Å². The maximum Gasteiger partial charge on any atom is 0.291 e. The molecule has 3 aromatic rings. The Balaban J connectivity index is 1.70. The summed E-state index contributed by atoms with van der Waals surface area (Å²) >= 11 is 0. The van der Waals surface area contributed by atoms with Gasteiger partial charge in [-0.15, -0.1) is 0 Å². The van der Waals surface area contributed by atoms with E-state index in [9.17, 15) is 14.4 Å². The van der Waals surface area contributed by atoms with Gasteiger partial charge < -0.3 is 20.4 Å². The Kier molecular flexibility index (Phi) is 6.42. The van der Waals surface area contributed by atoms with Crippen LogP contribution in [-0.2, 0) is 11.3 Å². The molecule has 0 saturated carbocycles. The van der Waals surface area contributed by atoms with E-state index in [2.05, 4.69) is 5.32 Å². The number of primary amides is 1. The summed E-state index contributed by atoms with van der Waals surface area (Å²) in [4.78, 5) is 37.8. The fourth-order valence-electron chi connectivity index (χ4n) is 2.78. The summed E-state index contributed by atoms with van der Waals surface area (Å²) in [5, 5.41) is 2.70. The number of hydrogen-bond donors (Lipinski definition) is 2. The number of carbonyl (C=O) groups is 3. The number of nitrogens with one attached hydrogen (secondary N) is 1. The first-order valence-corrected chi connectivity index (χ1v) is 9.09. The quantitative estimate of drug-likeness (QED) is 0.615. The average Bonchev–Trinajstić information content (AvgIpc) is 3.27. The summed E-state index contributed by atoms with van der Waals surface area (Å²) in [5.41, 5.74) is 7.19. The van der Waals surface area contributed by atoms with E-state index >= 15 is 0 Å². The fraction of sp³-hybridized carbons (Fsp3) is 0.136. The lowest BCUT2D eigenvalue weighted by Gasteiger charge is -2.22. The van der Waals surface area contributed by atoms with Crippen LogP contribution in [0.2, 0.25) is 0 Å². The Morgan fingerprint density at radius 2 is 1.66 bits per heavy atom. The zero-order valence-electron chi connectivity index (χ0n) is 15.7. The summed E-state index contributed by atoms with van der Waals surface area (Å²) in [6.07, 6.45) is 1.50. The number of furan rings is 1. The van der Waals surface area contributed by atoms with Crippen molar-refractivity contribution in [3.8, 4) is 0 Å². The van der Waals surface area contributed by atoms with Gasteiger partial charge in [0.1, 0.15) is 0 Å². The second-order valence-corrected chi connectivity index (χ2v) is 6.44. The third kappa shape index (κ3) is 5.55. The van der Waals surface area contributed by atoms with E-state index in [1.807, 2.05) is 30.3 Å². The topological polar surface area (TPSA) is 106 Å². The second-order valence-electron chi connectivity index (χ2n) is 6.44. The first kappa shape index (κ1) is 19.9. The first-order valence-electron chi connectivity index (χ1n) is 9.09. The van der Waals surface area contributed by atoms with Gasteiger partial charge in [-0.05, 0) is 42.0 Å². The number of carbonyl (C=O) groups excluding carboxylic acids is 3. The molecule has 3 N–H and O–H groups in total. The Hall–Kier alpha value is -3.87. The van der Waals surface area contributed by atoms with E-state index in [4.69, 9.17) is 10.2 Å². The van der Waals surface area contributed by atoms with E-state index in [1.165, 1.54) is 6.26 Å². The number of nitrogens with two attached hydrogens (primary N) is 1. The van der Waals surface area contributed by atoms with Crippen molar-refractivity contribution in [3.63, 3.8) is 0 Å². The Labute approximate surface area is 168 Å². The Morgan fingerprint density at radius 3 is 2.28 bits per heavy atom. The highest BCUT2D eigenvalue weighted by atomic mass is 16.3. The molecule has 29 heavy (non-hydrogen) atoms. The maximum absolute atomic E-state index is 13.0. The molecule has 7 nitrogen and oxygen atoms in total. The van der Waals surface area contributed by atoms with Gasteiger partial charge in [-0.3, -0.25) is 14.4 Å². The molecule has 1 aromatic heterocycles.